The molecule has 4 nitrogen and oxygen atoms in total. The number of nitrogens with one attached hydrogen (secondary N) is 1. The van der Waals surface area contributed by atoms with Crippen molar-refractivity contribution in [3.8, 4) is 5.75 Å². The quantitative estimate of drug-likeness (QED) is 0.604. The average molecular weight is 399 g/mol. The summed E-state index contributed by atoms with van der Waals surface area (Å²) in [4.78, 5) is 14.9. The molecular formula is C25H38N2O2. The summed E-state index contributed by atoms with van der Waals surface area (Å²) in [6.07, 6.45) is 13.8. The molecule has 29 heavy (non-hydrogen) atoms. The highest BCUT2D eigenvalue weighted by Crippen LogP contribution is 2.44. The minimum Gasteiger partial charge on any atom is -0.410 e. The third kappa shape index (κ3) is 4.96. The van der Waals surface area contributed by atoms with Crippen LogP contribution in [0.4, 0.5) is 4.79 Å². The third-order valence-electron chi connectivity index (χ3n) is 7.47. The molecule has 1 aromatic rings. The minimum absolute atomic E-state index is 0.311. The Kier molecular flexibility index (Phi) is 7.12. The van der Waals surface area contributed by atoms with Crippen molar-refractivity contribution in [2.24, 2.45) is 5.92 Å². The van der Waals surface area contributed by atoms with Gasteiger partial charge in [-0.2, -0.15) is 0 Å². The normalized spacial score (nSPS) is 24.7. The summed E-state index contributed by atoms with van der Waals surface area (Å²) >= 11 is 0. The number of likely N-dealkylation sites (tertiary alicyclic amines) is 1. The van der Waals surface area contributed by atoms with E-state index < -0.39 is 0 Å². The molecule has 0 bridgehead atoms. The number of carbonyl (C=O) groups excluding carboxylic acids is 1. The molecule has 1 heterocycles. The van der Waals surface area contributed by atoms with Crippen LogP contribution >= 0.6 is 0 Å². The fourth-order valence-corrected chi connectivity index (χ4v) is 5.85. The number of nitrogens with zero attached hydrogens (tertiary/aromatic N) is 1. The third-order valence-corrected chi connectivity index (χ3v) is 7.47. The zero-order valence-corrected chi connectivity index (χ0v) is 18.1. The smallest absolute Gasteiger partial charge is 0.410 e. The van der Waals surface area contributed by atoms with Gasteiger partial charge in [-0.25, -0.2) is 4.79 Å². The lowest BCUT2D eigenvalue weighted by Crippen LogP contribution is -2.36. The molecule has 160 valence electrons. The number of hydrogen-bond donors (Lipinski definition) is 1. The van der Waals surface area contributed by atoms with Gasteiger partial charge in [0.1, 0.15) is 5.75 Å². The molecule has 2 unspecified atom stereocenters. The Morgan fingerprint density at radius 1 is 1.17 bits per heavy atom. The van der Waals surface area contributed by atoms with Crippen molar-refractivity contribution in [1.82, 2.24) is 10.2 Å². The predicted molar refractivity (Wildman–Crippen MR) is 118 cm³/mol. The Bertz CT molecular complexity index is 683. The van der Waals surface area contributed by atoms with Gasteiger partial charge in [-0.15, -0.1) is 0 Å². The van der Waals surface area contributed by atoms with Crippen LogP contribution < -0.4 is 10.1 Å². The Balaban J connectivity index is 1.37. The van der Waals surface area contributed by atoms with Crippen LogP contribution in [-0.2, 0) is 6.42 Å². The van der Waals surface area contributed by atoms with Gasteiger partial charge in [-0.1, -0.05) is 57.6 Å². The topological polar surface area (TPSA) is 41.6 Å². The molecule has 0 radical (unpaired) electrons. The second kappa shape index (κ2) is 9.97. The van der Waals surface area contributed by atoms with Gasteiger partial charge in [0.25, 0.3) is 0 Å². The van der Waals surface area contributed by atoms with E-state index in [1.165, 1.54) is 75.6 Å². The molecule has 1 aromatic carbocycles. The van der Waals surface area contributed by atoms with Crippen molar-refractivity contribution < 1.29 is 9.53 Å². The van der Waals surface area contributed by atoms with E-state index in [0.717, 1.165) is 30.9 Å². The molecule has 3 aliphatic rings. The van der Waals surface area contributed by atoms with Gasteiger partial charge < -0.3 is 10.1 Å². The largest absolute Gasteiger partial charge is 0.412 e. The van der Waals surface area contributed by atoms with Crippen LogP contribution in [0.1, 0.15) is 88.2 Å². The molecule has 1 amide bonds. The Hall–Kier alpha value is -1.55. The first-order valence-corrected chi connectivity index (χ1v) is 12.1. The number of fused-ring (bicyclic) bond motifs is 3. The fourth-order valence-electron chi connectivity index (χ4n) is 5.85. The SMILES string of the molecule is CCCCNC(=O)Oc1cccc2c1CCC1C2CCN1CCC1CCCCC1. The molecule has 1 N–H and O–H groups in total. The van der Waals surface area contributed by atoms with E-state index in [0.29, 0.717) is 18.5 Å². The molecular weight excluding hydrogens is 360 g/mol. The molecule has 2 atom stereocenters. The molecule has 1 saturated heterocycles. The van der Waals surface area contributed by atoms with Crippen LogP contribution in [0.25, 0.3) is 0 Å². The minimum atomic E-state index is -0.311. The summed E-state index contributed by atoms with van der Waals surface area (Å²) in [6.45, 7) is 5.31. The number of unbranched alkanes of at least 4 members (excludes halogenated alkanes) is 1. The van der Waals surface area contributed by atoms with Crippen molar-refractivity contribution in [3.05, 3.63) is 29.3 Å². The van der Waals surface area contributed by atoms with E-state index in [4.69, 9.17) is 4.74 Å². The lowest BCUT2D eigenvalue weighted by atomic mass is 9.79. The first kappa shape index (κ1) is 20.7. The van der Waals surface area contributed by atoms with Crippen molar-refractivity contribution in [1.29, 1.82) is 0 Å². The average Bonchev–Trinajstić information content (AvgIpc) is 3.17. The van der Waals surface area contributed by atoms with Crippen molar-refractivity contribution in [3.63, 3.8) is 0 Å². The van der Waals surface area contributed by atoms with Crippen molar-refractivity contribution >= 4 is 6.09 Å². The first-order valence-electron chi connectivity index (χ1n) is 12.1. The highest BCUT2D eigenvalue weighted by Gasteiger charge is 2.39. The fraction of sp³-hybridized carbons (Fsp3) is 0.720. The molecule has 0 spiro atoms. The van der Waals surface area contributed by atoms with Crippen LogP contribution in [0.2, 0.25) is 0 Å². The van der Waals surface area contributed by atoms with Gasteiger partial charge in [0, 0.05) is 18.5 Å². The molecule has 1 aliphatic heterocycles. The standard InChI is InChI=1S/C25H38N2O2/c1-2-3-16-26-25(28)29-24-11-7-10-20-21-15-18-27(23(21)13-12-22(20)24)17-14-19-8-5-4-6-9-19/h7,10-11,19,21,23H,2-6,8-9,12-18H2,1H3,(H,26,28). The van der Waals surface area contributed by atoms with Gasteiger partial charge in [-0.05, 0) is 68.3 Å². The molecule has 1 saturated carbocycles. The van der Waals surface area contributed by atoms with Crippen LogP contribution in [0.15, 0.2) is 18.2 Å². The van der Waals surface area contributed by atoms with Gasteiger partial charge in [0.2, 0.25) is 0 Å². The van der Waals surface area contributed by atoms with Gasteiger partial charge in [0.05, 0.1) is 0 Å². The number of carbonyl (C=O) groups is 1. The monoisotopic (exact) mass is 398 g/mol. The predicted octanol–water partition coefficient (Wildman–Crippen LogP) is 5.65. The molecule has 4 heteroatoms. The van der Waals surface area contributed by atoms with Crippen LogP contribution in [-0.4, -0.2) is 36.7 Å². The van der Waals surface area contributed by atoms with Gasteiger partial charge in [0.15, 0.2) is 0 Å². The lowest BCUT2D eigenvalue weighted by Gasteiger charge is -2.35. The van der Waals surface area contributed by atoms with Crippen molar-refractivity contribution in [2.75, 3.05) is 19.6 Å². The summed E-state index contributed by atoms with van der Waals surface area (Å²) in [5.41, 5.74) is 2.70. The summed E-state index contributed by atoms with van der Waals surface area (Å²) < 4.78 is 5.70. The molecule has 4 rings (SSSR count). The Morgan fingerprint density at radius 2 is 2.03 bits per heavy atom. The van der Waals surface area contributed by atoms with E-state index >= 15 is 0 Å². The Labute approximate surface area is 176 Å². The number of ether oxygens (including phenoxy) is 1. The van der Waals surface area contributed by atoms with E-state index in [2.05, 4.69) is 29.3 Å². The summed E-state index contributed by atoms with van der Waals surface area (Å²) in [6, 6.07) is 6.99. The number of amides is 1. The highest BCUT2D eigenvalue weighted by molar-refractivity contribution is 5.71. The zero-order valence-electron chi connectivity index (χ0n) is 18.1. The maximum absolute atomic E-state index is 12.1. The maximum atomic E-state index is 12.1. The summed E-state index contributed by atoms with van der Waals surface area (Å²) in [5.74, 6) is 2.34. The lowest BCUT2D eigenvalue weighted by molar-refractivity contribution is 0.194. The van der Waals surface area contributed by atoms with E-state index in [1.807, 2.05) is 6.07 Å². The number of rotatable bonds is 7. The van der Waals surface area contributed by atoms with E-state index in [-0.39, 0.29) is 6.09 Å². The van der Waals surface area contributed by atoms with Gasteiger partial charge >= 0.3 is 6.09 Å². The zero-order chi connectivity index (χ0) is 20.1. The van der Waals surface area contributed by atoms with Crippen LogP contribution in [0, 0.1) is 5.92 Å². The van der Waals surface area contributed by atoms with Crippen molar-refractivity contribution in [2.45, 2.75) is 89.5 Å². The molecule has 2 fully saturated rings. The summed E-state index contributed by atoms with van der Waals surface area (Å²) in [7, 11) is 0. The molecule has 0 aromatic heterocycles. The first-order chi connectivity index (χ1) is 14.3. The van der Waals surface area contributed by atoms with Crippen LogP contribution in [0.5, 0.6) is 5.75 Å². The van der Waals surface area contributed by atoms with Crippen LogP contribution in [0.3, 0.4) is 0 Å². The van der Waals surface area contributed by atoms with E-state index in [9.17, 15) is 4.79 Å². The summed E-state index contributed by atoms with van der Waals surface area (Å²) in [5, 5.41) is 2.87. The second-order valence-corrected chi connectivity index (χ2v) is 9.32. The highest BCUT2D eigenvalue weighted by atomic mass is 16.6. The molecule has 2 aliphatic carbocycles. The number of benzene rings is 1. The van der Waals surface area contributed by atoms with E-state index in [1.54, 1.807) is 0 Å². The Morgan fingerprint density at radius 3 is 2.86 bits per heavy atom. The number of hydrogen-bond acceptors (Lipinski definition) is 3. The second-order valence-electron chi connectivity index (χ2n) is 9.32. The maximum Gasteiger partial charge on any atom is 0.412 e. The van der Waals surface area contributed by atoms with Gasteiger partial charge in [-0.3, -0.25) is 4.90 Å².